The summed E-state index contributed by atoms with van der Waals surface area (Å²) in [5.41, 5.74) is 7.71. The van der Waals surface area contributed by atoms with Gasteiger partial charge in [0.25, 0.3) is 5.91 Å². The minimum absolute atomic E-state index is 0.0214. The first-order valence-electron chi connectivity index (χ1n) is 13.3. The molecule has 2 aliphatic heterocycles. The number of likely N-dealkylation sites (tertiary alicyclic amines) is 1. The van der Waals surface area contributed by atoms with Gasteiger partial charge in [-0.15, -0.1) is 0 Å². The molecule has 1 fully saturated rings. The van der Waals surface area contributed by atoms with E-state index in [1.54, 1.807) is 0 Å². The number of aromatic nitrogens is 2. The maximum absolute atomic E-state index is 12.7. The van der Waals surface area contributed by atoms with Crippen LogP contribution in [0.3, 0.4) is 0 Å². The number of nitrogens with one attached hydrogen (secondary N) is 1. The molecule has 3 heterocycles. The Morgan fingerprint density at radius 3 is 2.34 bits per heavy atom. The van der Waals surface area contributed by atoms with Gasteiger partial charge in [0, 0.05) is 31.1 Å². The molecule has 2 aromatic carbocycles. The summed E-state index contributed by atoms with van der Waals surface area (Å²) in [7, 11) is 0. The van der Waals surface area contributed by atoms with Crippen LogP contribution in [0.4, 0.5) is 5.82 Å². The predicted octanol–water partition coefficient (Wildman–Crippen LogP) is 5.10. The fraction of sp³-hybridized carbons (Fsp3) is 0.367. The standard InChI is InChI=1S/C30H35N5O3/c1-4-25(36)34-16-14-21(15-17-34)28-24(19(2)3)18-32-30-26(29(31)37)27(33-35(28)30)20-10-12-23(13-11-20)38-22-8-6-5-7-9-22/h4-13,19,21,24,28,32H,1,14-18H2,2-3H3,(H2,31,37)/t24?,28-/m1/s1. The number of ether oxygens (including phenoxy) is 1. The summed E-state index contributed by atoms with van der Waals surface area (Å²) in [5, 5.41) is 8.51. The zero-order valence-corrected chi connectivity index (χ0v) is 22.0. The molecule has 5 rings (SSSR count). The van der Waals surface area contributed by atoms with Crippen LogP contribution in [0.5, 0.6) is 11.5 Å². The average molecular weight is 514 g/mol. The molecular weight excluding hydrogens is 478 g/mol. The fourth-order valence-electron chi connectivity index (χ4n) is 5.85. The van der Waals surface area contributed by atoms with Crippen LogP contribution in [-0.2, 0) is 4.79 Å². The maximum atomic E-state index is 12.7. The van der Waals surface area contributed by atoms with Crippen LogP contribution in [0, 0.1) is 17.8 Å². The number of carbonyl (C=O) groups is 2. The second-order valence-electron chi connectivity index (χ2n) is 10.5. The fourth-order valence-corrected chi connectivity index (χ4v) is 5.85. The van der Waals surface area contributed by atoms with Crippen LogP contribution in [0.1, 0.15) is 43.1 Å². The van der Waals surface area contributed by atoms with E-state index in [0.717, 1.165) is 30.7 Å². The molecule has 1 aromatic heterocycles. The SMILES string of the molecule is C=CC(=O)N1CCC([C@@H]2C(C(C)C)CNc3c(C(N)=O)c(-c4ccc(Oc5ccccc5)cc4)nn32)CC1. The van der Waals surface area contributed by atoms with Crippen molar-refractivity contribution in [1.29, 1.82) is 0 Å². The van der Waals surface area contributed by atoms with E-state index in [2.05, 4.69) is 25.7 Å². The molecule has 38 heavy (non-hydrogen) atoms. The lowest BCUT2D eigenvalue weighted by atomic mass is 9.76. The van der Waals surface area contributed by atoms with Gasteiger partial charge in [-0.25, -0.2) is 4.68 Å². The molecule has 2 atom stereocenters. The van der Waals surface area contributed by atoms with Crippen molar-refractivity contribution >= 4 is 17.6 Å². The second-order valence-corrected chi connectivity index (χ2v) is 10.5. The van der Waals surface area contributed by atoms with E-state index >= 15 is 0 Å². The van der Waals surface area contributed by atoms with Gasteiger partial charge < -0.3 is 20.7 Å². The summed E-state index contributed by atoms with van der Waals surface area (Å²) in [6.45, 7) is 10.2. The molecule has 198 valence electrons. The molecule has 3 N–H and O–H groups in total. The monoisotopic (exact) mass is 513 g/mol. The van der Waals surface area contributed by atoms with Gasteiger partial charge in [0.1, 0.15) is 28.6 Å². The van der Waals surface area contributed by atoms with Crippen molar-refractivity contribution < 1.29 is 14.3 Å². The van der Waals surface area contributed by atoms with Gasteiger partial charge >= 0.3 is 0 Å². The molecule has 1 unspecified atom stereocenters. The van der Waals surface area contributed by atoms with Gasteiger partial charge in [-0.05, 0) is 67.2 Å². The Labute approximate surface area is 223 Å². The molecule has 0 spiro atoms. The number of nitrogens with two attached hydrogens (primary N) is 1. The number of nitrogens with zero attached hydrogens (tertiary/aromatic N) is 3. The van der Waals surface area contributed by atoms with Crippen molar-refractivity contribution in [2.24, 2.45) is 23.5 Å². The third kappa shape index (κ3) is 4.90. The Morgan fingerprint density at radius 1 is 1.08 bits per heavy atom. The Kier molecular flexibility index (Phi) is 7.22. The number of fused-ring (bicyclic) bond motifs is 1. The molecule has 0 aliphatic carbocycles. The minimum atomic E-state index is -0.508. The van der Waals surface area contributed by atoms with Gasteiger partial charge in [0.15, 0.2) is 0 Å². The number of para-hydroxylation sites is 1. The van der Waals surface area contributed by atoms with Crippen molar-refractivity contribution in [2.45, 2.75) is 32.7 Å². The Hall–Kier alpha value is -4.07. The van der Waals surface area contributed by atoms with Crippen LogP contribution in [-0.4, -0.2) is 46.1 Å². The minimum Gasteiger partial charge on any atom is -0.457 e. The molecule has 3 aromatic rings. The number of benzene rings is 2. The number of anilines is 1. The number of rotatable bonds is 7. The zero-order valence-electron chi connectivity index (χ0n) is 22.0. The number of hydrogen-bond donors (Lipinski definition) is 2. The number of piperidine rings is 1. The van der Waals surface area contributed by atoms with Gasteiger partial charge in [-0.2, -0.15) is 5.10 Å². The molecule has 0 bridgehead atoms. The number of primary amides is 1. The Balaban J connectivity index is 1.48. The number of amides is 2. The summed E-state index contributed by atoms with van der Waals surface area (Å²) in [5.74, 6) is 2.66. The summed E-state index contributed by atoms with van der Waals surface area (Å²) in [6, 6.07) is 17.3. The highest BCUT2D eigenvalue weighted by molar-refractivity contribution is 6.03. The highest BCUT2D eigenvalue weighted by Gasteiger charge is 2.41. The molecule has 0 radical (unpaired) electrons. The molecule has 1 saturated heterocycles. The van der Waals surface area contributed by atoms with E-state index in [9.17, 15) is 9.59 Å². The van der Waals surface area contributed by atoms with Crippen molar-refractivity contribution in [3.63, 3.8) is 0 Å². The maximum Gasteiger partial charge on any atom is 0.254 e. The lowest BCUT2D eigenvalue weighted by Crippen LogP contribution is -2.45. The predicted molar refractivity (Wildman–Crippen MR) is 148 cm³/mol. The summed E-state index contributed by atoms with van der Waals surface area (Å²) in [4.78, 5) is 26.7. The van der Waals surface area contributed by atoms with E-state index in [-0.39, 0.29) is 11.9 Å². The number of hydrogen-bond acceptors (Lipinski definition) is 5. The first-order valence-corrected chi connectivity index (χ1v) is 13.3. The lowest BCUT2D eigenvalue weighted by Gasteiger charge is -2.43. The normalized spacial score (nSPS) is 19.5. The van der Waals surface area contributed by atoms with E-state index in [4.69, 9.17) is 15.6 Å². The highest BCUT2D eigenvalue weighted by Crippen LogP contribution is 2.44. The topological polar surface area (TPSA) is 102 Å². The lowest BCUT2D eigenvalue weighted by molar-refractivity contribution is -0.127. The van der Waals surface area contributed by atoms with E-state index in [1.807, 2.05) is 64.2 Å². The van der Waals surface area contributed by atoms with E-state index in [0.29, 0.717) is 53.7 Å². The quantitative estimate of drug-likeness (QED) is 0.428. The number of carbonyl (C=O) groups excluding carboxylic acids is 2. The van der Waals surface area contributed by atoms with Crippen molar-refractivity contribution in [3.8, 4) is 22.8 Å². The largest absolute Gasteiger partial charge is 0.457 e. The first-order chi connectivity index (χ1) is 18.4. The van der Waals surface area contributed by atoms with Crippen LogP contribution in [0.2, 0.25) is 0 Å². The molecule has 2 amide bonds. The molecule has 0 saturated carbocycles. The average Bonchev–Trinajstić information content (AvgIpc) is 3.33. The van der Waals surface area contributed by atoms with Gasteiger partial charge in [0.05, 0.1) is 6.04 Å². The van der Waals surface area contributed by atoms with E-state index < -0.39 is 5.91 Å². The van der Waals surface area contributed by atoms with Gasteiger partial charge in [0.2, 0.25) is 5.91 Å². The van der Waals surface area contributed by atoms with Gasteiger partial charge in [-0.1, -0.05) is 38.6 Å². The smallest absolute Gasteiger partial charge is 0.254 e. The first kappa shape index (κ1) is 25.6. The molecule has 8 nitrogen and oxygen atoms in total. The van der Waals surface area contributed by atoms with Crippen LogP contribution in [0.25, 0.3) is 11.3 Å². The summed E-state index contributed by atoms with van der Waals surface area (Å²) < 4.78 is 7.94. The highest BCUT2D eigenvalue weighted by atomic mass is 16.5. The third-order valence-electron chi connectivity index (χ3n) is 7.85. The van der Waals surface area contributed by atoms with E-state index in [1.165, 1.54) is 6.08 Å². The molecule has 8 heteroatoms. The molecule has 2 aliphatic rings. The van der Waals surface area contributed by atoms with Crippen molar-refractivity contribution in [1.82, 2.24) is 14.7 Å². The van der Waals surface area contributed by atoms with Crippen molar-refractivity contribution in [2.75, 3.05) is 25.0 Å². The zero-order chi connectivity index (χ0) is 26.8. The van der Waals surface area contributed by atoms with Crippen LogP contribution >= 0.6 is 0 Å². The van der Waals surface area contributed by atoms with Gasteiger partial charge in [-0.3, -0.25) is 9.59 Å². The third-order valence-corrected chi connectivity index (χ3v) is 7.85. The Bertz CT molecular complexity index is 1310. The summed E-state index contributed by atoms with van der Waals surface area (Å²) >= 11 is 0. The summed E-state index contributed by atoms with van der Waals surface area (Å²) in [6.07, 6.45) is 3.13. The van der Waals surface area contributed by atoms with Crippen LogP contribution in [0.15, 0.2) is 67.3 Å². The van der Waals surface area contributed by atoms with Crippen molar-refractivity contribution in [3.05, 3.63) is 72.8 Å². The molecular formula is C30H35N5O3. The van der Waals surface area contributed by atoms with Crippen LogP contribution < -0.4 is 15.8 Å². The second kappa shape index (κ2) is 10.7. The Morgan fingerprint density at radius 2 is 1.74 bits per heavy atom.